The van der Waals surface area contributed by atoms with E-state index in [1.165, 1.54) is 4.90 Å². The maximum atomic E-state index is 4.81. The van der Waals surface area contributed by atoms with Crippen molar-refractivity contribution in [3.8, 4) is 11.3 Å². The van der Waals surface area contributed by atoms with Gasteiger partial charge < -0.3 is 5.32 Å². The van der Waals surface area contributed by atoms with E-state index in [2.05, 4.69) is 69.8 Å². The Morgan fingerprint density at radius 2 is 2.03 bits per heavy atom. The number of thioether (sulfide) groups is 1. The molecule has 0 spiro atoms. The molecular formula is C24H21N5S2. The van der Waals surface area contributed by atoms with Crippen LogP contribution >= 0.6 is 23.1 Å². The topological polar surface area (TPSA) is 55.6 Å². The van der Waals surface area contributed by atoms with Crippen molar-refractivity contribution in [1.29, 1.82) is 0 Å². The quantitative estimate of drug-likeness (QED) is 0.347. The van der Waals surface area contributed by atoms with E-state index >= 15 is 0 Å². The number of thiazole rings is 1. The minimum absolute atomic E-state index is 0.269. The molecule has 5 nitrogen and oxygen atoms in total. The van der Waals surface area contributed by atoms with Crippen molar-refractivity contribution in [2.75, 3.05) is 11.6 Å². The lowest BCUT2D eigenvalue weighted by Gasteiger charge is -2.14. The molecule has 2 aromatic carbocycles. The van der Waals surface area contributed by atoms with Crippen molar-refractivity contribution in [3.05, 3.63) is 90.1 Å². The third kappa shape index (κ3) is 4.47. The lowest BCUT2D eigenvalue weighted by molar-refractivity contribution is 0.786. The molecule has 0 amide bonds. The second-order valence-corrected chi connectivity index (χ2v) is 8.92. The van der Waals surface area contributed by atoms with Crippen LogP contribution in [0.2, 0.25) is 0 Å². The summed E-state index contributed by atoms with van der Waals surface area (Å²) in [5, 5.41) is 15.1. The van der Waals surface area contributed by atoms with Gasteiger partial charge in [0.05, 0.1) is 17.6 Å². The van der Waals surface area contributed by atoms with Crippen LogP contribution in [0.15, 0.2) is 89.3 Å². The van der Waals surface area contributed by atoms with Crippen LogP contribution in [0.25, 0.3) is 17.0 Å². The van der Waals surface area contributed by atoms with Gasteiger partial charge in [0.15, 0.2) is 5.13 Å². The molecule has 2 heterocycles. The fraction of sp³-hybridized carbons (Fsp3) is 0.125. The van der Waals surface area contributed by atoms with Gasteiger partial charge in [0.1, 0.15) is 5.69 Å². The van der Waals surface area contributed by atoms with Gasteiger partial charge in [-0.2, -0.15) is 0 Å². The van der Waals surface area contributed by atoms with Gasteiger partial charge in [0.2, 0.25) is 0 Å². The number of allylic oxidation sites excluding steroid dienone is 4. The second kappa shape index (κ2) is 8.91. The molecule has 0 radical (unpaired) electrons. The first-order chi connectivity index (χ1) is 15.3. The Kier molecular flexibility index (Phi) is 5.69. The Balaban J connectivity index is 1.26. The highest BCUT2D eigenvalue weighted by atomic mass is 32.2. The molecule has 1 N–H and O–H groups in total. The van der Waals surface area contributed by atoms with E-state index in [9.17, 15) is 0 Å². The Morgan fingerprint density at radius 1 is 1.13 bits per heavy atom. The van der Waals surface area contributed by atoms with Gasteiger partial charge in [-0.05, 0) is 37.0 Å². The first-order valence-electron chi connectivity index (χ1n) is 10.0. The summed E-state index contributed by atoms with van der Waals surface area (Å²) in [6.45, 7) is 0. The maximum absolute atomic E-state index is 4.81. The van der Waals surface area contributed by atoms with Crippen LogP contribution < -0.4 is 5.32 Å². The lowest BCUT2D eigenvalue weighted by atomic mass is 9.97. The Hall–Kier alpha value is -3.16. The first kappa shape index (κ1) is 19.8. The third-order valence-electron chi connectivity index (χ3n) is 5.13. The van der Waals surface area contributed by atoms with Gasteiger partial charge in [-0.3, -0.25) is 0 Å². The molecule has 4 aromatic rings. The minimum atomic E-state index is 0.269. The fourth-order valence-electron chi connectivity index (χ4n) is 3.47. The van der Waals surface area contributed by atoms with E-state index < -0.39 is 0 Å². The van der Waals surface area contributed by atoms with Crippen LogP contribution in [0.4, 0.5) is 10.8 Å². The largest absolute Gasteiger partial charge is 0.332 e. The maximum Gasteiger partial charge on any atom is 0.187 e. The summed E-state index contributed by atoms with van der Waals surface area (Å²) in [4.78, 5) is 6.05. The van der Waals surface area contributed by atoms with Gasteiger partial charge in [0.25, 0.3) is 0 Å². The summed E-state index contributed by atoms with van der Waals surface area (Å²) in [6, 6.07) is 18.5. The Labute approximate surface area is 189 Å². The Bertz CT molecular complexity index is 1240. The number of benzene rings is 2. The molecule has 0 bridgehead atoms. The molecule has 1 unspecified atom stereocenters. The molecule has 0 saturated heterocycles. The Morgan fingerprint density at radius 3 is 2.84 bits per heavy atom. The molecule has 0 aliphatic heterocycles. The average Bonchev–Trinajstić information content (AvgIpc) is 3.50. The summed E-state index contributed by atoms with van der Waals surface area (Å²) >= 11 is 3.37. The molecule has 1 aliphatic carbocycles. The number of hydrogen-bond acceptors (Lipinski definition) is 6. The van der Waals surface area contributed by atoms with Crippen LogP contribution in [-0.2, 0) is 0 Å². The number of nitrogens with one attached hydrogen (secondary N) is 1. The molecule has 1 aliphatic rings. The number of aromatic nitrogens is 4. The van der Waals surface area contributed by atoms with Crippen molar-refractivity contribution >= 4 is 39.6 Å². The smallest absolute Gasteiger partial charge is 0.187 e. The van der Waals surface area contributed by atoms with Crippen molar-refractivity contribution in [2.45, 2.75) is 17.2 Å². The summed E-state index contributed by atoms with van der Waals surface area (Å²) in [7, 11) is 0. The fourth-order valence-corrected chi connectivity index (χ4v) is 4.72. The van der Waals surface area contributed by atoms with Crippen LogP contribution in [0.3, 0.4) is 0 Å². The SMILES string of the molecule is CSc1cccc(Nc2nc(C3C=CC(n4cc(-c5ccccc5)nn4)=CC3)cs2)c1. The predicted molar refractivity (Wildman–Crippen MR) is 130 cm³/mol. The zero-order chi connectivity index (χ0) is 21.0. The van der Waals surface area contributed by atoms with Crippen molar-refractivity contribution in [1.82, 2.24) is 20.0 Å². The molecule has 31 heavy (non-hydrogen) atoms. The molecule has 7 heteroatoms. The van der Waals surface area contributed by atoms with Crippen LogP contribution in [0.5, 0.6) is 0 Å². The molecule has 5 rings (SSSR count). The first-order valence-corrected chi connectivity index (χ1v) is 12.1. The van der Waals surface area contributed by atoms with E-state index in [0.29, 0.717) is 0 Å². The molecule has 0 fully saturated rings. The van der Waals surface area contributed by atoms with Gasteiger partial charge in [0, 0.05) is 27.4 Å². The number of nitrogens with zero attached hydrogens (tertiary/aromatic N) is 4. The molecular weight excluding hydrogens is 422 g/mol. The van der Waals surface area contributed by atoms with Crippen LogP contribution in [-0.4, -0.2) is 26.2 Å². The lowest BCUT2D eigenvalue weighted by Crippen LogP contribution is -2.03. The van der Waals surface area contributed by atoms with Gasteiger partial charge >= 0.3 is 0 Å². The summed E-state index contributed by atoms with van der Waals surface area (Å²) in [5.41, 5.74) is 5.13. The predicted octanol–water partition coefficient (Wildman–Crippen LogP) is 6.45. The van der Waals surface area contributed by atoms with Gasteiger partial charge in [-0.1, -0.05) is 53.8 Å². The molecule has 154 valence electrons. The van der Waals surface area contributed by atoms with Crippen molar-refractivity contribution in [2.24, 2.45) is 0 Å². The zero-order valence-corrected chi connectivity index (χ0v) is 18.6. The number of rotatable bonds is 6. The van der Waals surface area contributed by atoms with E-state index in [-0.39, 0.29) is 5.92 Å². The number of anilines is 2. The highest BCUT2D eigenvalue weighted by molar-refractivity contribution is 7.98. The zero-order valence-electron chi connectivity index (χ0n) is 17.0. The summed E-state index contributed by atoms with van der Waals surface area (Å²) in [6.07, 6.45) is 11.4. The van der Waals surface area contributed by atoms with Gasteiger partial charge in [-0.25, -0.2) is 9.67 Å². The number of hydrogen-bond donors (Lipinski definition) is 1. The highest BCUT2D eigenvalue weighted by Crippen LogP contribution is 2.32. The van der Waals surface area contributed by atoms with E-state index in [0.717, 1.165) is 39.9 Å². The van der Waals surface area contributed by atoms with Crippen LogP contribution in [0.1, 0.15) is 18.0 Å². The van der Waals surface area contributed by atoms with E-state index in [4.69, 9.17) is 4.98 Å². The highest BCUT2D eigenvalue weighted by Gasteiger charge is 2.16. The molecule has 1 atom stereocenters. The minimum Gasteiger partial charge on any atom is -0.332 e. The monoisotopic (exact) mass is 443 g/mol. The normalized spacial score (nSPS) is 15.6. The average molecular weight is 444 g/mol. The third-order valence-corrected chi connectivity index (χ3v) is 6.63. The molecule has 0 saturated carbocycles. The standard InChI is InChI=1S/C24H21N5S2/c1-30-21-9-5-8-19(14-21)25-24-26-23(16-31-24)18-10-12-20(13-11-18)29-15-22(27-28-29)17-6-3-2-4-7-17/h2-10,12-16,18H,11H2,1H3,(H,25,26). The van der Waals surface area contributed by atoms with Gasteiger partial charge in [-0.15, -0.1) is 28.2 Å². The second-order valence-electron chi connectivity index (χ2n) is 7.18. The summed E-state index contributed by atoms with van der Waals surface area (Å²) < 4.78 is 1.84. The summed E-state index contributed by atoms with van der Waals surface area (Å²) in [5.74, 6) is 0.269. The van der Waals surface area contributed by atoms with Crippen molar-refractivity contribution in [3.63, 3.8) is 0 Å². The molecule has 2 aromatic heterocycles. The van der Waals surface area contributed by atoms with E-state index in [1.807, 2.05) is 41.2 Å². The van der Waals surface area contributed by atoms with E-state index in [1.54, 1.807) is 23.1 Å². The van der Waals surface area contributed by atoms with Crippen molar-refractivity contribution < 1.29 is 0 Å². The van der Waals surface area contributed by atoms with Crippen LogP contribution in [0, 0.1) is 0 Å².